The molecular formula is C22H27N3O. The van der Waals surface area contributed by atoms with Gasteiger partial charge in [-0.1, -0.05) is 59.7 Å². The Kier molecular flexibility index (Phi) is 4.39. The summed E-state index contributed by atoms with van der Waals surface area (Å²) >= 11 is 0. The van der Waals surface area contributed by atoms with Crippen molar-refractivity contribution in [2.75, 3.05) is 5.32 Å². The van der Waals surface area contributed by atoms with Crippen LogP contribution in [-0.4, -0.2) is 15.9 Å². The van der Waals surface area contributed by atoms with Crippen LogP contribution in [0.5, 0.6) is 0 Å². The summed E-state index contributed by atoms with van der Waals surface area (Å²) in [6, 6.07) is 13.9. The Balaban J connectivity index is 1.97. The molecule has 0 fully saturated rings. The zero-order chi connectivity index (χ0) is 19.1. The van der Waals surface area contributed by atoms with Gasteiger partial charge < -0.3 is 4.98 Å². The molecule has 3 aromatic rings. The highest BCUT2D eigenvalue weighted by Crippen LogP contribution is 2.30. The third kappa shape index (κ3) is 3.79. The first-order chi connectivity index (χ1) is 12.0. The first kappa shape index (κ1) is 18.2. The molecule has 0 saturated heterocycles. The van der Waals surface area contributed by atoms with Crippen LogP contribution in [0, 0.1) is 0 Å². The number of H-pyrrole nitrogens is 1. The highest BCUT2D eigenvalue weighted by Gasteiger charge is 2.22. The van der Waals surface area contributed by atoms with Gasteiger partial charge in [-0.2, -0.15) is 0 Å². The Morgan fingerprint density at radius 2 is 1.50 bits per heavy atom. The lowest BCUT2D eigenvalue weighted by atomic mass is 9.79. The van der Waals surface area contributed by atoms with E-state index in [2.05, 4.69) is 62.9 Å². The van der Waals surface area contributed by atoms with Crippen molar-refractivity contribution in [2.24, 2.45) is 0 Å². The molecule has 0 spiro atoms. The Hall–Kier alpha value is -2.62. The number of nitrogens with one attached hydrogen (secondary N) is 2. The molecule has 0 radical (unpaired) electrons. The molecule has 0 atom stereocenters. The normalized spacial score (nSPS) is 12.4. The SMILES string of the molecule is CC(C)(C)c1cc(C(=O)Nc2nc3ccccc3[nH]2)cc(C(C)(C)C)c1. The van der Waals surface area contributed by atoms with Gasteiger partial charge in [0.15, 0.2) is 0 Å². The maximum Gasteiger partial charge on any atom is 0.257 e. The van der Waals surface area contributed by atoms with Crippen LogP contribution in [-0.2, 0) is 10.8 Å². The summed E-state index contributed by atoms with van der Waals surface area (Å²) in [5.41, 5.74) is 4.64. The van der Waals surface area contributed by atoms with Crippen molar-refractivity contribution in [3.63, 3.8) is 0 Å². The second-order valence-electron chi connectivity index (χ2n) is 8.86. The van der Waals surface area contributed by atoms with Crippen molar-refractivity contribution < 1.29 is 4.79 Å². The van der Waals surface area contributed by atoms with Crippen LogP contribution in [0.15, 0.2) is 42.5 Å². The van der Waals surface area contributed by atoms with Gasteiger partial charge >= 0.3 is 0 Å². The number of amides is 1. The smallest absolute Gasteiger partial charge is 0.257 e. The fraction of sp³-hybridized carbons (Fsp3) is 0.364. The van der Waals surface area contributed by atoms with Crippen LogP contribution in [0.2, 0.25) is 0 Å². The molecule has 4 heteroatoms. The number of imidazole rings is 1. The number of carbonyl (C=O) groups is 1. The Morgan fingerprint density at radius 3 is 2.04 bits per heavy atom. The molecule has 3 rings (SSSR count). The summed E-state index contributed by atoms with van der Waals surface area (Å²) in [6.45, 7) is 13.0. The predicted molar refractivity (Wildman–Crippen MR) is 108 cm³/mol. The Bertz CT molecular complexity index is 890. The number of benzene rings is 2. The minimum absolute atomic E-state index is 0.0321. The molecule has 0 aliphatic carbocycles. The van der Waals surface area contributed by atoms with Crippen LogP contribution < -0.4 is 5.32 Å². The zero-order valence-electron chi connectivity index (χ0n) is 16.4. The first-order valence-corrected chi connectivity index (χ1v) is 8.96. The van der Waals surface area contributed by atoms with E-state index in [9.17, 15) is 4.79 Å². The lowest BCUT2D eigenvalue weighted by Gasteiger charge is -2.26. The number of nitrogens with zero attached hydrogens (tertiary/aromatic N) is 1. The molecular weight excluding hydrogens is 322 g/mol. The van der Waals surface area contributed by atoms with Gasteiger partial charge in [0.25, 0.3) is 5.91 Å². The molecule has 2 aromatic carbocycles. The third-order valence-electron chi connectivity index (χ3n) is 4.55. The zero-order valence-corrected chi connectivity index (χ0v) is 16.4. The number of hydrogen-bond donors (Lipinski definition) is 2. The van der Waals surface area contributed by atoms with Crippen molar-refractivity contribution >= 4 is 22.9 Å². The van der Waals surface area contributed by atoms with E-state index in [4.69, 9.17) is 0 Å². The van der Waals surface area contributed by atoms with Crippen molar-refractivity contribution in [2.45, 2.75) is 52.4 Å². The topological polar surface area (TPSA) is 57.8 Å². The molecule has 0 aliphatic rings. The minimum Gasteiger partial charge on any atom is -0.324 e. The van der Waals surface area contributed by atoms with Gasteiger partial charge in [-0.05, 0) is 46.2 Å². The highest BCUT2D eigenvalue weighted by molar-refractivity contribution is 6.04. The number of para-hydroxylation sites is 2. The molecule has 0 unspecified atom stereocenters. The average Bonchev–Trinajstić information content (AvgIpc) is 2.95. The molecule has 1 heterocycles. The summed E-state index contributed by atoms with van der Waals surface area (Å²) in [5.74, 6) is 0.315. The van der Waals surface area contributed by atoms with Crippen LogP contribution in [0.1, 0.15) is 63.0 Å². The quantitative estimate of drug-likeness (QED) is 0.650. The maximum atomic E-state index is 12.9. The first-order valence-electron chi connectivity index (χ1n) is 8.96. The van der Waals surface area contributed by atoms with E-state index in [-0.39, 0.29) is 16.7 Å². The number of hydrogen-bond acceptors (Lipinski definition) is 2. The second kappa shape index (κ2) is 6.27. The number of aromatic nitrogens is 2. The van der Waals surface area contributed by atoms with E-state index in [1.54, 1.807) is 0 Å². The molecule has 1 amide bonds. The molecule has 4 nitrogen and oxygen atoms in total. The van der Waals surface area contributed by atoms with E-state index in [0.29, 0.717) is 11.5 Å². The molecule has 0 aliphatic heterocycles. The van der Waals surface area contributed by atoms with Gasteiger partial charge in [0, 0.05) is 5.56 Å². The lowest BCUT2D eigenvalue weighted by Crippen LogP contribution is -2.20. The molecule has 0 bridgehead atoms. The van der Waals surface area contributed by atoms with Gasteiger partial charge in [-0.15, -0.1) is 0 Å². The van der Waals surface area contributed by atoms with Gasteiger partial charge in [0.1, 0.15) is 0 Å². The monoisotopic (exact) mass is 349 g/mol. The molecule has 136 valence electrons. The van der Waals surface area contributed by atoms with Gasteiger partial charge in [0.05, 0.1) is 11.0 Å². The van der Waals surface area contributed by atoms with E-state index in [1.165, 1.54) is 0 Å². The van der Waals surface area contributed by atoms with Crippen LogP contribution in [0.25, 0.3) is 11.0 Å². The highest BCUT2D eigenvalue weighted by atomic mass is 16.1. The van der Waals surface area contributed by atoms with Crippen molar-refractivity contribution in [3.8, 4) is 0 Å². The predicted octanol–water partition coefficient (Wildman–Crippen LogP) is 5.41. The van der Waals surface area contributed by atoms with Crippen molar-refractivity contribution in [1.82, 2.24) is 9.97 Å². The van der Waals surface area contributed by atoms with Gasteiger partial charge in [-0.25, -0.2) is 4.98 Å². The number of rotatable bonds is 2. The summed E-state index contributed by atoms with van der Waals surface area (Å²) < 4.78 is 0. The number of fused-ring (bicyclic) bond motifs is 1. The van der Waals surface area contributed by atoms with Crippen molar-refractivity contribution in [3.05, 3.63) is 59.2 Å². The summed E-state index contributed by atoms with van der Waals surface area (Å²) in [7, 11) is 0. The lowest BCUT2D eigenvalue weighted by molar-refractivity contribution is 0.102. The van der Waals surface area contributed by atoms with Gasteiger partial charge in [0.2, 0.25) is 5.95 Å². The Morgan fingerprint density at radius 1 is 0.923 bits per heavy atom. The number of aromatic amines is 1. The van der Waals surface area contributed by atoms with E-state index in [0.717, 1.165) is 22.2 Å². The van der Waals surface area contributed by atoms with Crippen LogP contribution in [0.3, 0.4) is 0 Å². The third-order valence-corrected chi connectivity index (χ3v) is 4.55. The van der Waals surface area contributed by atoms with Crippen LogP contribution in [0.4, 0.5) is 5.95 Å². The molecule has 26 heavy (non-hydrogen) atoms. The molecule has 1 aromatic heterocycles. The summed E-state index contributed by atoms with van der Waals surface area (Å²) in [5, 5.41) is 2.90. The maximum absolute atomic E-state index is 12.9. The number of anilines is 1. The van der Waals surface area contributed by atoms with E-state index < -0.39 is 0 Å². The Labute approximate surface area is 155 Å². The average molecular weight is 349 g/mol. The number of carbonyl (C=O) groups excluding carboxylic acids is 1. The van der Waals surface area contributed by atoms with Gasteiger partial charge in [-0.3, -0.25) is 10.1 Å². The summed E-state index contributed by atoms with van der Waals surface area (Å²) in [4.78, 5) is 20.5. The molecule has 0 saturated carbocycles. The summed E-state index contributed by atoms with van der Waals surface area (Å²) in [6.07, 6.45) is 0. The molecule has 2 N–H and O–H groups in total. The second-order valence-corrected chi connectivity index (χ2v) is 8.86. The van der Waals surface area contributed by atoms with Crippen LogP contribution >= 0.6 is 0 Å². The van der Waals surface area contributed by atoms with E-state index >= 15 is 0 Å². The fourth-order valence-electron chi connectivity index (χ4n) is 2.82. The van der Waals surface area contributed by atoms with E-state index in [1.807, 2.05) is 36.4 Å². The van der Waals surface area contributed by atoms with Crippen molar-refractivity contribution in [1.29, 1.82) is 0 Å². The fourth-order valence-corrected chi connectivity index (χ4v) is 2.82. The standard InChI is InChI=1S/C22H27N3O/c1-21(2,3)15-11-14(12-16(13-15)22(4,5)6)19(26)25-20-23-17-9-7-8-10-18(17)24-20/h7-13H,1-6H3,(H2,23,24,25,26). The largest absolute Gasteiger partial charge is 0.324 e. The minimum atomic E-state index is -0.152.